The summed E-state index contributed by atoms with van der Waals surface area (Å²) in [6.07, 6.45) is 3.72. The van der Waals surface area contributed by atoms with Crippen LogP contribution in [0.2, 0.25) is 0 Å². The molecule has 1 saturated heterocycles. The van der Waals surface area contributed by atoms with Crippen molar-refractivity contribution in [2.75, 3.05) is 26.7 Å². The first-order chi connectivity index (χ1) is 11.2. The molecule has 1 aliphatic rings. The van der Waals surface area contributed by atoms with Gasteiger partial charge in [0.1, 0.15) is 5.75 Å². The number of hydrogen-bond acceptors (Lipinski definition) is 3. The van der Waals surface area contributed by atoms with Crippen LogP contribution in [0.1, 0.15) is 51.0 Å². The summed E-state index contributed by atoms with van der Waals surface area (Å²) < 4.78 is 5.29. The standard InChI is InChI=1S/C19H30N2O2.ClH/c1-4-12-21(17-8-10-20-11-9-17)19(22)13-15(2)16-6-5-7-18(14-16)23-3;/h5-7,14-15,17,20H,4,8-13H2,1-3H3;1H. The van der Waals surface area contributed by atoms with Crippen molar-refractivity contribution in [3.8, 4) is 5.75 Å². The zero-order valence-corrected chi connectivity index (χ0v) is 15.9. The Balaban J connectivity index is 0.00000288. The number of piperidine rings is 1. The Morgan fingerprint density at radius 2 is 2.08 bits per heavy atom. The van der Waals surface area contributed by atoms with Crippen molar-refractivity contribution in [1.82, 2.24) is 10.2 Å². The Kier molecular flexibility index (Phi) is 9.16. The van der Waals surface area contributed by atoms with Gasteiger partial charge >= 0.3 is 0 Å². The van der Waals surface area contributed by atoms with Gasteiger partial charge in [0.05, 0.1) is 7.11 Å². The smallest absolute Gasteiger partial charge is 0.223 e. The minimum Gasteiger partial charge on any atom is -0.497 e. The summed E-state index contributed by atoms with van der Waals surface area (Å²) in [7, 11) is 1.68. The molecule has 1 atom stereocenters. The van der Waals surface area contributed by atoms with Crippen molar-refractivity contribution < 1.29 is 9.53 Å². The van der Waals surface area contributed by atoms with Gasteiger partial charge in [-0.2, -0.15) is 0 Å². The minimum atomic E-state index is 0. The highest BCUT2D eigenvalue weighted by Crippen LogP contribution is 2.25. The quantitative estimate of drug-likeness (QED) is 0.813. The molecule has 0 spiro atoms. The molecule has 1 heterocycles. The summed E-state index contributed by atoms with van der Waals surface area (Å²) in [5.74, 6) is 1.35. The molecule has 0 radical (unpaired) electrons. The third kappa shape index (κ3) is 5.67. The molecule has 1 aromatic rings. The molecule has 1 aliphatic heterocycles. The van der Waals surface area contributed by atoms with Crippen LogP contribution in [-0.4, -0.2) is 43.6 Å². The fourth-order valence-corrected chi connectivity index (χ4v) is 3.32. The maximum Gasteiger partial charge on any atom is 0.223 e. The Bertz CT molecular complexity index is 504. The zero-order valence-electron chi connectivity index (χ0n) is 15.1. The number of carbonyl (C=O) groups excluding carboxylic acids is 1. The molecule has 1 amide bonds. The first kappa shape index (κ1) is 20.8. The molecule has 1 N–H and O–H groups in total. The largest absolute Gasteiger partial charge is 0.497 e. The van der Waals surface area contributed by atoms with Gasteiger partial charge in [0.15, 0.2) is 0 Å². The van der Waals surface area contributed by atoms with E-state index < -0.39 is 0 Å². The lowest BCUT2D eigenvalue weighted by Gasteiger charge is -2.35. The molecule has 0 aliphatic carbocycles. The number of ether oxygens (including phenoxy) is 1. The van der Waals surface area contributed by atoms with Gasteiger partial charge in [-0.1, -0.05) is 26.0 Å². The molecule has 24 heavy (non-hydrogen) atoms. The lowest BCUT2D eigenvalue weighted by atomic mass is 9.95. The lowest BCUT2D eigenvalue weighted by molar-refractivity contribution is -0.134. The van der Waals surface area contributed by atoms with Gasteiger partial charge in [0.25, 0.3) is 0 Å². The Morgan fingerprint density at radius 1 is 1.38 bits per heavy atom. The molecule has 0 aromatic heterocycles. The first-order valence-electron chi connectivity index (χ1n) is 8.79. The first-order valence-corrected chi connectivity index (χ1v) is 8.79. The second-order valence-corrected chi connectivity index (χ2v) is 6.45. The van der Waals surface area contributed by atoms with Gasteiger partial charge in [-0.05, 0) is 56.0 Å². The van der Waals surface area contributed by atoms with Crippen LogP contribution in [0.5, 0.6) is 5.75 Å². The lowest BCUT2D eigenvalue weighted by Crippen LogP contribution is -2.46. The highest BCUT2D eigenvalue weighted by atomic mass is 35.5. The van der Waals surface area contributed by atoms with Gasteiger partial charge in [-0.3, -0.25) is 4.79 Å². The van der Waals surface area contributed by atoms with E-state index in [-0.39, 0.29) is 24.2 Å². The van der Waals surface area contributed by atoms with Crippen LogP contribution in [0.4, 0.5) is 0 Å². The number of methoxy groups -OCH3 is 1. The van der Waals surface area contributed by atoms with Crippen molar-refractivity contribution in [2.45, 2.75) is 51.5 Å². The number of halogens is 1. The third-order valence-corrected chi connectivity index (χ3v) is 4.68. The number of nitrogens with zero attached hydrogens (tertiary/aromatic N) is 1. The molecule has 1 aromatic carbocycles. The molecular formula is C19H31ClN2O2. The van der Waals surface area contributed by atoms with Crippen LogP contribution < -0.4 is 10.1 Å². The van der Waals surface area contributed by atoms with Crippen molar-refractivity contribution in [1.29, 1.82) is 0 Å². The summed E-state index contributed by atoms with van der Waals surface area (Å²) >= 11 is 0. The van der Waals surface area contributed by atoms with Gasteiger partial charge in [0, 0.05) is 19.0 Å². The molecule has 0 saturated carbocycles. The average molecular weight is 355 g/mol. The van der Waals surface area contributed by atoms with Gasteiger partial charge < -0.3 is 15.0 Å². The van der Waals surface area contributed by atoms with Crippen LogP contribution >= 0.6 is 12.4 Å². The van der Waals surface area contributed by atoms with Crippen molar-refractivity contribution in [2.24, 2.45) is 0 Å². The van der Waals surface area contributed by atoms with E-state index in [1.165, 1.54) is 5.56 Å². The topological polar surface area (TPSA) is 41.6 Å². The molecule has 1 fully saturated rings. The summed E-state index contributed by atoms with van der Waals surface area (Å²) in [6, 6.07) is 8.45. The number of hydrogen-bond donors (Lipinski definition) is 1. The summed E-state index contributed by atoms with van der Waals surface area (Å²) in [4.78, 5) is 15.0. The Hall–Kier alpha value is -1.26. The minimum absolute atomic E-state index is 0. The number of amides is 1. The zero-order chi connectivity index (χ0) is 16.7. The van der Waals surface area contributed by atoms with Crippen molar-refractivity contribution in [3.05, 3.63) is 29.8 Å². The predicted octanol–water partition coefficient (Wildman–Crippen LogP) is 3.60. The maximum atomic E-state index is 12.8. The summed E-state index contributed by atoms with van der Waals surface area (Å²) in [5, 5.41) is 3.38. The summed E-state index contributed by atoms with van der Waals surface area (Å²) in [5.41, 5.74) is 1.17. The van der Waals surface area contributed by atoms with Crippen LogP contribution in [0.3, 0.4) is 0 Å². The van der Waals surface area contributed by atoms with Gasteiger partial charge in [-0.15, -0.1) is 12.4 Å². The van der Waals surface area contributed by atoms with E-state index in [4.69, 9.17) is 4.74 Å². The molecule has 1 unspecified atom stereocenters. The van der Waals surface area contributed by atoms with E-state index >= 15 is 0 Å². The average Bonchev–Trinajstić information content (AvgIpc) is 2.60. The predicted molar refractivity (Wildman–Crippen MR) is 101 cm³/mol. The SMILES string of the molecule is CCCN(C(=O)CC(C)c1cccc(OC)c1)C1CCNCC1.Cl. The Labute approximate surface area is 152 Å². The van der Waals surface area contributed by atoms with E-state index in [1.807, 2.05) is 18.2 Å². The van der Waals surface area contributed by atoms with E-state index in [2.05, 4.69) is 30.1 Å². The van der Waals surface area contributed by atoms with Crippen molar-refractivity contribution in [3.63, 3.8) is 0 Å². The van der Waals surface area contributed by atoms with Crippen LogP contribution in [0.25, 0.3) is 0 Å². The van der Waals surface area contributed by atoms with Crippen molar-refractivity contribution >= 4 is 18.3 Å². The molecule has 5 heteroatoms. The second kappa shape index (κ2) is 10.6. The number of carbonyl (C=O) groups is 1. The van der Waals surface area contributed by atoms with Crippen LogP contribution in [-0.2, 0) is 4.79 Å². The van der Waals surface area contributed by atoms with E-state index in [0.717, 1.165) is 44.6 Å². The number of rotatable bonds is 7. The van der Waals surface area contributed by atoms with Gasteiger partial charge in [0.2, 0.25) is 5.91 Å². The number of nitrogens with one attached hydrogen (secondary N) is 1. The maximum absolute atomic E-state index is 12.8. The number of benzene rings is 1. The molecule has 136 valence electrons. The van der Waals surface area contributed by atoms with E-state index in [0.29, 0.717) is 12.5 Å². The van der Waals surface area contributed by atoms with E-state index in [1.54, 1.807) is 7.11 Å². The highest BCUT2D eigenvalue weighted by Gasteiger charge is 2.25. The fourth-order valence-electron chi connectivity index (χ4n) is 3.32. The Morgan fingerprint density at radius 3 is 2.71 bits per heavy atom. The molecule has 4 nitrogen and oxygen atoms in total. The fraction of sp³-hybridized carbons (Fsp3) is 0.632. The van der Waals surface area contributed by atoms with Crippen LogP contribution in [0, 0.1) is 0 Å². The third-order valence-electron chi connectivity index (χ3n) is 4.68. The van der Waals surface area contributed by atoms with Crippen LogP contribution in [0.15, 0.2) is 24.3 Å². The summed E-state index contributed by atoms with van der Waals surface area (Å²) in [6.45, 7) is 7.17. The highest BCUT2D eigenvalue weighted by molar-refractivity contribution is 5.85. The van der Waals surface area contributed by atoms with E-state index in [9.17, 15) is 4.79 Å². The normalized spacial score (nSPS) is 16.1. The molecule has 2 rings (SSSR count). The molecule has 0 bridgehead atoms. The molecular weight excluding hydrogens is 324 g/mol. The monoisotopic (exact) mass is 354 g/mol. The van der Waals surface area contributed by atoms with Gasteiger partial charge in [-0.25, -0.2) is 0 Å². The second-order valence-electron chi connectivity index (χ2n) is 6.45.